The van der Waals surface area contributed by atoms with Gasteiger partial charge in [0.25, 0.3) is 0 Å². The molecule has 0 unspecified atom stereocenters. The third-order valence-corrected chi connectivity index (χ3v) is 5.53. The van der Waals surface area contributed by atoms with Gasteiger partial charge < -0.3 is 4.57 Å². The molecule has 0 radical (unpaired) electrons. The van der Waals surface area contributed by atoms with Crippen molar-refractivity contribution >= 4 is 21.8 Å². The van der Waals surface area contributed by atoms with Crippen molar-refractivity contribution in [1.29, 1.82) is 0 Å². The van der Waals surface area contributed by atoms with Crippen molar-refractivity contribution in [2.45, 2.75) is 24.5 Å². The zero-order valence-corrected chi connectivity index (χ0v) is 14.0. The number of aromatic nitrogens is 4. The number of aryl methyl sites for hydroxylation is 2. The second kappa shape index (κ2) is 8.25. The van der Waals surface area contributed by atoms with Gasteiger partial charge in [-0.1, -0.05) is 17.8 Å². The SMILES string of the molecule is CNS(=O)(=O)CCCSc1nncn1CCc1ccccn1. The number of nitrogens with zero attached hydrogens (tertiary/aromatic N) is 4. The van der Waals surface area contributed by atoms with Crippen LogP contribution in [0, 0.1) is 0 Å². The monoisotopic (exact) mass is 341 g/mol. The molecule has 22 heavy (non-hydrogen) atoms. The van der Waals surface area contributed by atoms with Gasteiger partial charge >= 0.3 is 0 Å². The lowest BCUT2D eigenvalue weighted by molar-refractivity contribution is 0.587. The van der Waals surface area contributed by atoms with Crippen molar-refractivity contribution in [2.75, 3.05) is 18.6 Å². The molecule has 2 heterocycles. The predicted octanol–water partition coefficient (Wildman–Crippen LogP) is 0.947. The van der Waals surface area contributed by atoms with E-state index in [1.165, 1.54) is 18.8 Å². The molecule has 2 aromatic heterocycles. The molecule has 0 fully saturated rings. The second-order valence-electron chi connectivity index (χ2n) is 4.60. The van der Waals surface area contributed by atoms with Crippen LogP contribution < -0.4 is 4.72 Å². The number of rotatable bonds is 9. The lowest BCUT2D eigenvalue weighted by atomic mass is 10.3. The maximum atomic E-state index is 11.3. The van der Waals surface area contributed by atoms with E-state index in [2.05, 4.69) is 19.9 Å². The Hall–Kier alpha value is -1.45. The van der Waals surface area contributed by atoms with Gasteiger partial charge in [-0.25, -0.2) is 13.1 Å². The molecule has 2 aromatic rings. The minimum absolute atomic E-state index is 0.124. The maximum Gasteiger partial charge on any atom is 0.211 e. The van der Waals surface area contributed by atoms with E-state index in [0.717, 1.165) is 23.8 Å². The summed E-state index contributed by atoms with van der Waals surface area (Å²) >= 11 is 1.52. The third kappa shape index (κ3) is 5.39. The van der Waals surface area contributed by atoms with Crippen molar-refractivity contribution in [1.82, 2.24) is 24.5 Å². The number of hydrogen-bond acceptors (Lipinski definition) is 6. The van der Waals surface area contributed by atoms with Crippen LogP contribution in [0.5, 0.6) is 0 Å². The highest BCUT2D eigenvalue weighted by molar-refractivity contribution is 7.99. The number of thioether (sulfide) groups is 1. The minimum atomic E-state index is -3.13. The molecule has 2 rings (SSSR count). The molecule has 0 aliphatic carbocycles. The Bertz CT molecular complexity index is 673. The largest absolute Gasteiger partial charge is 0.308 e. The zero-order chi connectivity index (χ0) is 15.8. The Morgan fingerprint density at radius 3 is 2.95 bits per heavy atom. The molecule has 0 spiro atoms. The summed E-state index contributed by atoms with van der Waals surface area (Å²) in [7, 11) is -1.70. The Labute approximate surface area is 134 Å². The van der Waals surface area contributed by atoms with E-state index in [1.807, 2.05) is 22.8 Å². The summed E-state index contributed by atoms with van der Waals surface area (Å²) in [5, 5.41) is 8.80. The van der Waals surface area contributed by atoms with Gasteiger partial charge in [0.15, 0.2) is 5.16 Å². The molecular weight excluding hydrogens is 322 g/mol. The molecule has 1 N–H and O–H groups in total. The Balaban J connectivity index is 1.80. The van der Waals surface area contributed by atoms with Crippen LogP contribution in [-0.2, 0) is 23.0 Å². The predicted molar refractivity (Wildman–Crippen MR) is 86.2 cm³/mol. The standard InChI is InChI=1S/C13H19N5O2S2/c1-14-22(19,20)10-4-9-21-13-17-16-11-18(13)8-6-12-5-2-3-7-15-12/h2-3,5,7,11,14H,4,6,8-10H2,1H3. The Morgan fingerprint density at radius 2 is 2.23 bits per heavy atom. The van der Waals surface area contributed by atoms with Crippen molar-refractivity contribution in [3.63, 3.8) is 0 Å². The number of hydrogen-bond donors (Lipinski definition) is 1. The van der Waals surface area contributed by atoms with E-state index in [0.29, 0.717) is 12.2 Å². The molecule has 0 amide bonds. The van der Waals surface area contributed by atoms with Gasteiger partial charge in [-0.05, 0) is 25.6 Å². The smallest absolute Gasteiger partial charge is 0.211 e. The van der Waals surface area contributed by atoms with Gasteiger partial charge in [-0.3, -0.25) is 4.98 Å². The summed E-state index contributed by atoms with van der Waals surface area (Å²) in [5.74, 6) is 0.807. The van der Waals surface area contributed by atoms with Gasteiger partial charge in [-0.15, -0.1) is 10.2 Å². The summed E-state index contributed by atoms with van der Waals surface area (Å²) in [4.78, 5) is 4.29. The van der Waals surface area contributed by atoms with Gasteiger partial charge in [0, 0.05) is 30.6 Å². The summed E-state index contributed by atoms with van der Waals surface area (Å²) in [5.41, 5.74) is 1.02. The van der Waals surface area contributed by atoms with E-state index < -0.39 is 10.0 Å². The first-order valence-corrected chi connectivity index (χ1v) is 9.56. The molecule has 0 saturated carbocycles. The fraction of sp³-hybridized carbons (Fsp3) is 0.462. The van der Waals surface area contributed by atoms with Crippen molar-refractivity contribution < 1.29 is 8.42 Å². The van der Waals surface area contributed by atoms with Crippen LogP contribution in [0.25, 0.3) is 0 Å². The fourth-order valence-electron chi connectivity index (χ4n) is 1.81. The number of sulfonamides is 1. The molecule has 0 aliphatic heterocycles. The summed E-state index contributed by atoms with van der Waals surface area (Å²) in [6.07, 6.45) is 4.84. The fourth-order valence-corrected chi connectivity index (χ4v) is 3.60. The van der Waals surface area contributed by atoms with Crippen LogP contribution in [0.3, 0.4) is 0 Å². The number of nitrogens with one attached hydrogen (secondary N) is 1. The summed E-state index contributed by atoms with van der Waals surface area (Å²) < 4.78 is 26.9. The lowest BCUT2D eigenvalue weighted by Gasteiger charge is -2.06. The average Bonchev–Trinajstić information content (AvgIpc) is 2.98. The first kappa shape index (κ1) is 16.9. The molecule has 0 aliphatic rings. The molecule has 120 valence electrons. The van der Waals surface area contributed by atoms with Gasteiger partial charge in [-0.2, -0.15) is 0 Å². The molecular formula is C13H19N5O2S2. The van der Waals surface area contributed by atoms with Crippen LogP contribution in [0.1, 0.15) is 12.1 Å². The third-order valence-electron chi connectivity index (χ3n) is 3.01. The summed E-state index contributed by atoms with van der Waals surface area (Å²) in [6.45, 7) is 0.751. The van der Waals surface area contributed by atoms with E-state index in [1.54, 1.807) is 12.5 Å². The molecule has 0 atom stereocenters. The van der Waals surface area contributed by atoms with Gasteiger partial charge in [0.2, 0.25) is 10.0 Å². The van der Waals surface area contributed by atoms with E-state index in [-0.39, 0.29) is 5.75 Å². The van der Waals surface area contributed by atoms with E-state index in [4.69, 9.17) is 0 Å². The molecule has 9 heteroatoms. The van der Waals surface area contributed by atoms with Crippen LogP contribution in [-0.4, -0.2) is 46.7 Å². The van der Waals surface area contributed by atoms with Crippen LogP contribution in [0.15, 0.2) is 35.9 Å². The molecule has 0 bridgehead atoms. The van der Waals surface area contributed by atoms with Crippen LogP contribution in [0.2, 0.25) is 0 Å². The Kier molecular flexibility index (Phi) is 6.34. The van der Waals surface area contributed by atoms with Crippen LogP contribution >= 0.6 is 11.8 Å². The van der Waals surface area contributed by atoms with Crippen molar-refractivity contribution in [2.24, 2.45) is 0 Å². The van der Waals surface area contributed by atoms with Crippen molar-refractivity contribution in [3.8, 4) is 0 Å². The second-order valence-corrected chi connectivity index (χ2v) is 7.71. The highest BCUT2D eigenvalue weighted by atomic mass is 32.2. The van der Waals surface area contributed by atoms with Gasteiger partial charge in [0.1, 0.15) is 6.33 Å². The van der Waals surface area contributed by atoms with Crippen LogP contribution in [0.4, 0.5) is 0 Å². The molecule has 7 nitrogen and oxygen atoms in total. The zero-order valence-electron chi connectivity index (χ0n) is 12.3. The molecule has 0 aromatic carbocycles. The highest BCUT2D eigenvalue weighted by Gasteiger charge is 2.09. The topological polar surface area (TPSA) is 89.8 Å². The number of pyridine rings is 1. The summed E-state index contributed by atoms with van der Waals surface area (Å²) in [6, 6.07) is 5.84. The van der Waals surface area contributed by atoms with Gasteiger partial charge in [0.05, 0.1) is 5.75 Å². The maximum absolute atomic E-state index is 11.3. The highest BCUT2D eigenvalue weighted by Crippen LogP contribution is 2.16. The van der Waals surface area contributed by atoms with Crippen molar-refractivity contribution in [3.05, 3.63) is 36.4 Å². The minimum Gasteiger partial charge on any atom is -0.308 e. The molecule has 0 saturated heterocycles. The lowest BCUT2D eigenvalue weighted by Crippen LogP contribution is -2.22. The Morgan fingerprint density at radius 1 is 1.36 bits per heavy atom. The quantitative estimate of drug-likeness (QED) is 0.539. The first-order valence-electron chi connectivity index (χ1n) is 6.92. The average molecular weight is 341 g/mol. The normalized spacial score (nSPS) is 11.7. The van der Waals surface area contributed by atoms with E-state index in [9.17, 15) is 8.42 Å². The van der Waals surface area contributed by atoms with E-state index >= 15 is 0 Å². The first-order chi connectivity index (χ1) is 10.6.